The molecule has 0 saturated heterocycles. The molecule has 3 rings (SSSR count). The number of pyridine rings is 1. The number of anilines is 1. The van der Waals surface area contributed by atoms with Crippen LogP contribution in [0.25, 0.3) is 16.8 Å². The normalized spacial score (nSPS) is 10.9. The fourth-order valence-corrected chi connectivity index (χ4v) is 2.39. The molecule has 0 atom stereocenters. The third kappa shape index (κ3) is 3.01. The van der Waals surface area contributed by atoms with Crippen molar-refractivity contribution in [1.29, 1.82) is 0 Å². The molecule has 2 aromatic heterocycles. The number of hydrogen-bond donors (Lipinski definition) is 1. The van der Waals surface area contributed by atoms with Crippen LogP contribution in [-0.2, 0) is 6.54 Å². The molecule has 1 aromatic carbocycles. The third-order valence-electron chi connectivity index (χ3n) is 3.61. The van der Waals surface area contributed by atoms with Gasteiger partial charge in [0.1, 0.15) is 5.82 Å². The van der Waals surface area contributed by atoms with Crippen LogP contribution >= 0.6 is 0 Å². The van der Waals surface area contributed by atoms with Gasteiger partial charge in [0.2, 0.25) is 0 Å². The highest BCUT2D eigenvalue weighted by Gasteiger charge is 2.07. The average molecular weight is 312 g/mol. The second kappa shape index (κ2) is 6.08. The van der Waals surface area contributed by atoms with Gasteiger partial charge in [-0.15, -0.1) is 0 Å². The van der Waals surface area contributed by atoms with Gasteiger partial charge in [-0.1, -0.05) is 13.0 Å². The zero-order chi connectivity index (χ0) is 16.4. The van der Waals surface area contributed by atoms with E-state index in [2.05, 4.69) is 5.10 Å². The van der Waals surface area contributed by atoms with Crippen LogP contribution in [0.2, 0.25) is 0 Å². The minimum Gasteiger partial charge on any atom is -0.396 e. The van der Waals surface area contributed by atoms with Crippen LogP contribution in [0.15, 0.2) is 53.7 Å². The average Bonchev–Trinajstić information content (AvgIpc) is 3.02. The Morgan fingerprint density at radius 2 is 2.00 bits per heavy atom. The standard InChI is InChI=1S/C17H17FN4O/c1-2-7-21-11-14(4-6-17(21)23)22-10-13(9-20-22)12-3-5-16(19)15(18)8-12/h3-6,8-11H,2,7,19H2,1H3. The minimum atomic E-state index is -0.452. The molecule has 2 N–H and O–H groups in total. The van der Waals surface area contributed by atoms with Crippen molar-refractivity contribution in [2.75, 3.05) is 5.73 Å². The van der Waals surface area contributed by atoms with Crippen LogP contribution in [0.3, 0.4) is 0 Å². The van der Waals surface area contributed by atoms with Crippen molar-refractivity contribution in [1.82, 2.24) is 14.3 Å². The summed E-state index contributed by atoms with van der Waals surface area (Å²) < 4.78 is 16.9. The van der Waals surface area contributed by atoms with Crippen molar-refractivity contribution in [3.05, 3.63) is 65.1 Å². The Hall–Kier alpha value is -2.89. The van der Waals surface area contributed by atoms with E-state index in [1.165, 1.54) is 18.2 Å². The van der Waals surface area contributed by atoms with Crippen molar-refractivity contribution >= 4 is 5.69 Å². The molecule has 0 aliphatic rings. The van der Waals surface area contributed by atoms with Crippen LogP contribution < -0.4 is 11.3 Å². The largest absolute Gasteiger partial charge is 0.396 e. The summed E-state index contributed by atoms with van der Waals surface area (Å²) in [5, 5.41) is 4.29. The topological polar surface area (TPSA) is 65.8 Å². The van der Waals surface area contributed by atoms with Gasteiger partial charge in [-0.25, -0.2) is 9.07 Å². The van der Waals surface area contributed by atoms with Crippen LogP contribution in [0.4, 0.5) is 10.1 Å². The molecule has 0 aliphatic carbocycles. The molecule has 23 heavy (non-hydrogen) atoms. The van der Waals surface area contributed by atoms with Crippen molar-refractivity contribution in [3.63, 3.8) is 0 Å². The molecule has 2 heterocycles. The first-order valence-electron chi connectivity index (χ1n) is 7.39. The van der Waals surface area contributed by atoms with Gasteiger partial charge in [0, 0.05) is 30.6 Å². The Morgan fingerprint density at radius 1 is 1.17 bits per heavy atom. The number of nitrogens with zero attached hydrogens (tertiary/aromatic N) is 3. The summed E-state index contributed by atoms with van der Waals surface area (Å²) in [4.78, 5) is 11.8. The summed E-state index contributed by atoms with van der Waals surface area (Å²) in [6, 6.07) is 7.90. The van der Waals surface area contributed by atoms with Crippen LogP contribution in [0.1, 0.15) is 13.3 Å². The van der Waals surface area contributed by atoms with E-state index >= 15 is 0 Å². The molecule has 0 spiro atoms. The van der Waals surface area contributed by atoms with Crippen molar-refractivity contribution in [3.8, 4) is 16.8 Å². The lowest BCUT2D eigenvalue weighted by Crippen LogP contribution is -2.19. The van der Waals surface area contributed by atoms with Crippen LogP contribution in [0, 0.1) is 5.82 Å². The minimum absolute atomic E-state index is 0.0383. The maximum atomic E-state index is 13.6. The van der Waals surface area contributed by atoms with Crippen molar-refractivity contribution in [2.45, 2.75) is 19.9 Å². The number of rotatable bonds is 4. The molecule has 0 unspecified atom stereocenters. The number of aromatic nitrogens is 3. The Bertz CT molecular complexity index is 898. The number of halogens is 1. The molecule has 0 amide bonds. The van der Waals surface area contributed by atoms with Gasteiger partial charge in [0.05, 0.1) is 17.6 Å². The van der Waals surface area contributed by atoms with Gasteiger partial charge in [-0.3, -0.25) is 4.79 Å². The Kier molecular flexibility index (Phi) is 3.97. The Morgan fingerprint density at radius 3 is 2.74 bits per heavy atom. The molecule has 0 bridgehead atoms. The molecule has 0 saturated carbocycles. The number of nitrogens with two attached hydrogens (primary N) is 1. The summed E-state index contributed by atoms with van der Waals surface area (Å²) >= 11 is 0. The number of benzene rings is 1. The smallest absolute Gasteiger partial charge is 0.250 e. The Labute approximate surface area is 132 Å². The fraction of sp³-hybridized carbons (Fsp3) is 0.176. The molecule has 5 nitrogen and oxygen atoms in total. The molecular weight excluding hydrogens is 295 g/mol. The van der Waals surface area contributed by atoms with Gasteiger partial charge in [-0.05, 0) is 30.2 Å². The van der Waals surface area contributed by atoms with E-state index in [9.17, 15) is 9.18 Å². The zero-order valence-electron chi connectivity index (χ0n) is 12.7. The lowest BCUT2D eigenvalue weighted by Gasteiger charge is -2.06. The number of nitrogen functional groups attached to an aromatic ring is 1. The summed E-state index contributed by atoms with van der Waals surface area (Å²) in [5.74, 6) is -0.452. The lowest BCUT2D eigenvalue weighted by atomic mass is 10.1. The van der Waals surface area contributed by atoms with E-state index in [0.717, 1.165) is 17.7 Å². The van der Waals surface area contributed by atoms with Gasteiger partial charge in [-0.2, -0.15) is 5.10 Å². The second-order valence-electron chi connectivity index (χ2n) is 5.33. The van der Waals surface area contributed by atoms with Gasteiger partial charge in [0.15, 0.2) is 0 Å². The first-order valence-corrected chi connectivity index (χ1v) is 7.39. The van der Waals surface area contributed by atoms with Gasteiger partial charge in [0.25, 0.3) is 5.56 Å². The molecule has 6 heteroatoms. The first kappa shape index (κ1) is 15.0. The molecular formula is C17H17FN4O. The molecule has 0 aliphatic heterocycles. The highest BCUT2D eigenvalue weighted by molar-refractivity contribution is 5.65. The van der Waals surface area contributed by atoms with E-state index in [0.29, 0.717) is 12.1 Å². The van der Waals surface area contributed by atoms with Crippen LogP contribution in [-0.4, -0.2) is 14.3 Å². The number of aryl methyl sites for hydroxylation is 1. The van der Waals surface area contributed by atoms with E-state index in [-0.39, 0.29) is 11.2 Å². The fourth-order valence-electron chi connectivity index (χ4n) is 2.39. The maximum absolute atomic E-state index is 13.6. The quantitative estimate of drug-likeness (QED) is 0.753. The second-order valence-corrected chi connectivity index (χ2v) is 5.33. The molecule has 0 fully saturated rings. The summed E-state index contributed by atoms with van der Waals surface area (Å²) in [5.41, 5.74) is 7.83. The highest BCUT2D eigenvalue weighted by atomic mass is 19.1. The number of hydrogen-bond acceptors (Lipinski definition) is 3. The SMILES string of the molecule is CCCn1cc(-n2cc(-c3ccc(N)c(F)c3)cn2)ccc1=O. The van der Waals surface area contributed by atoms with Crippen molar-refractivity contribution in [2.24, 2.45) is 0 Å². The van der Waals surface area contributed by atoms with E-state index in [1.54, 1.807) is 40.0 Å². The molecule has 118 valence electrons. The molecule has 0 radical (unpaired) electrons. The van der Waals surface area contributed by atoms with E-state index in [1.807, 2.05) is 6.92 Å². The predicted octanol–water partition coefficient (Wildman–Crippen LogP) is 2.83. The van der Waals surface area contributed by atoms with Gasteiger partial charge < -0.3 is 10.3 Å². The molecule has 3 aromatic rings. The maximum Gasteiger partial charge on any atom is 0.250 e. The van der Waals surface area contributed by atoms with E-state index in [4.69, 9.17) is 5.73 Å². The van der Waals surface area contributed by atoms with Crippen molar-refractivity contribution < 1.29 is 4.39 Å². The van der Waals surface area contributed by atoms with Gasteiger partial charge >= 0.3 is 0 Å². The summed E-state index contributed by atoms with van der Waals surface area (Å²) in [7, 11) is 0. The monoisotopic (exact) mass is 312 g/mol. The summed E-state index contributed by atoms with van der Waals surface area (Å²) in [6.45, 7) is 2.67. The van der Waals surface area contributed by atoms with Crippen LogP contribution in [0.5, 0.6) is 0 Å². The van der Waals surface area contributed by atoms with E-state index < -0.39 is 5.82 Å². The first-order chi connectivity index (χ1) is 11.1. The highest BCUT2D eigenvalue weighted by Crippen LogP contribution is 2.23. The Balaban J connectivity index is 1.97. The zero-order valence-corrected chi connectivity index (χ0v) is 12.7. The predicted molar refractivity (Wildman–Crippen MR) is 87.9 cm³/mol. The lowest BCUT2D eigenvalue weighted by molar-refractivity contribution is 0.633. The third-order valence-corrected chi connectivity index (χ3v) is 3.61. The summed E-state index contributed by atoms with van der Waals surface area (Å²) in [6.07, 6.45) is 6.09.